The van der Waals surface area contributed by atoms with Crippen LogP contribution in [0.2, 0.25) is 0 Å². The van der Waals surface area contributed by atoms with Gasteiger partial charge in [-0.3, -0.25) is 0 Å². The Balaban J connectivity index is 2.37. The van der Waals surface area contributed by atoms with Gasteiger partial charge in [-0.05, 0) is 39.3 Å². The van der Waals surface area contributed by atoms with Crippen molar-refractivity contribution >= 4 is 5.82 Å². The first-order chi connectivity index (χ1) is 8.51. The minimum atomic E-state index is 0.238. The Bertz CT molecular complexity index is 423. The number of anilines is 1. The Kier molecular flexibility index (Phi) is 3.88. The van der Waals surface area contributed by atoms with Gasteiger partial charge in [-0.1, -0.05) is 0 Å². The molecule has 2 rings (SSSR count). The van der Waals surface area contributed by atoms with E-state index in [1.165, 1.54) is 5.56 Å². The summed E-state index contributed by atoms with van der Waals surface area (Å²) < 4.78 is 5.77. The van der Waals surface area contributed by atoms with Crippen LogP contribution in [-0.2, 0) is 11.3 Å². The van der Waals surface area contributed by atoms with Crippen molar-refractivity contribution in [3.05, 3.63) is 22.9 Å². The summed E-state index contributed by atoms with van der Waals surface area (Å²) in [4.78, 5) is 6.99. The molecule has 1 aliphatic rings. The van der Waals surface area contributed by atoms with Gasteiger partial charge in [0, 0.05) is 30.9 Å². The maximum Gasteiger partial charge on any atom is 0.133 e. The molecule has 0 bridgehead atoms. The van der Waals surface area contributed by atoms with Gasteiger partial charge in [-0.2, -0.15) is 0 Å². The van der Waals surface area contributed by atoms with Crippen LogP contribution in [0.1, 0.15) is 30.7 Å². The van der Waals surface area contributed by atoms with E-state index in [0.717, 1.165) is 30.2 Å². The van der Waals surface area contributed by atoms with Crippen molar-refractivity contribution in [2.24, 2.45) is 5.73 Å². The van der Waals surface area contributed by atoms with Crippen LogP contribution in [0.5, 0.6) is 0 Å². The second-order valence-electron chi connectivity index (χ2n) is 5.25. The average molecular weight is 249 g/mol. The third-order valence-electron chi connectivity index (χ3n) is 3.38. The molecule has 4 heteroatoms. The van der Waals surface area contributed by atoms with Crippen LogP contribution in [0, 0.1) is 13.8 Å². The predicted octanol–water partition coefficient (Wildman–Crippen LogP) is 1.77. The minimum absolute atomic E-state index is 0.238. The smallest absolute Gasteiger partial charge is 0.133 e. The van der Waals surface area contributed by atoms with E-state index in [1.54, 1.807) is 0 Å². The molecule has 0 saturated carbocycles. The Morgan fingerprint density at radius 2 is 1.94 bits per heavy atom. The van der Waals surface area contributed by atoms with Crippen molar-refractivity contribution < 1.29 is 4.74 Å². The number of nitrogens with zero attached hydrogens (tertiary/aromatic N) is 2. The molecule has 1 aromatic rings. The SMILES string of the molecule is Cc1cc(C)c(CN)c(N2CC(C)OC(C)C2)n1. The monoisotopic (exact) mass is 249 g/mol. The van der Waals surface area contributed by atoms with Gasteiger partial charge < -0.3 is 15.4 Å². The van der Waals surface area contributed by atoms with Crippen molar-refractivity contribution in [2.75, 3.05) is 18.0 Å². The molecule has 0 radical (unpaired) electrons. The summed E-state index contributed by atoms with van der Waals surface area (Å²) in [7, 11) is 0. The van der Waals surface area contributed by atoms with Crippen molar-refractivity contribution in [3.63, 3.8) is 0 Å². The van der Waals surface area contributed by atoms with Gasteiger partial charge in [-0.15, -0.1) is 0 Å². The lowest BCUT2D eigenvalue weighted by molar-refractivity contribution is -0.00551. The largest absolute Gasteiger partial charge is 0.372 e. The van der Waals surface area contributed by atoms with Crippen molar-refractivity contribution in [3.8, 4) is 0 Å². The molecule has 2 N–H and O–H groups in total. The Labute approximate surface area is 109 Å². The summed E-state index contributed by atoms with van der Waals surface area (Å²) in [6, 6.07) is 2.10. The van der Waals surface area contributed by atoms with Crippen LogP contribution in [0.3, 0.4) is 0 Å². The molecule has 1 aliphatic heterocycles. The summed E-state index contributed by atoms with van der Waals surface area (Å²) in [6.45, 7) is 10.6. The van der Waals surface area contributed by atoms with E-state index in [4.69, 9.17) is 10.5 Å². The van der Waals surface area contributed by atoms with E-state index >= 15 is 0 Å². The number of aryl methyl sites for hydroxylation is 2. The highest BCUT2D eigenvalue weighted by molar-refractivity contribution is 5.52. The number of nitrogens with two attached hydrogens (primary N) is 1. The number of morpholine rings is 1. The number of aromatic nitrogens is 1. The van der Waals surface area contributed by atoms with E-state index in [0.29, 0.717) is 6.54 Å². The molecular weight excluding hydrogens is 226 g/mol. The first-order valence-corrected chi connectivity index (χ1v) is 6.59. The lowest BCUT2D eigenvalue weighted by Crippen LogP contribution is -2.46. The summed E-state index contributed by atoms with van der Waals surface area (Å²) in [6.07, 6.45) is 0.476. The van der Waals surface area contributed by atoms with E-state index < -0.39 is 0 Å². The third-order valence-corrected chi connectivity index (χ3v) is 3.38. The zero-order valence-electron chi connectivity index (χ0n) is 11.7. The van der Waals surface area contributed by atoms with Crippen LogP contribution >= 0.6 is 0 Å². The zero-order chi connectivity index (χ0) is 13.3. The Morgan fingerprint density at radius 3 is 2.50 bits per heavy atom. The minimum Gasteiger partial charge on any atom is -0.372 e. The quantitative estimate of drug-likeness (QED) is 0.868. The lowest BCUT2D eigenvalue weighted by atomic mass is 10.1. The molecule has 2 heterocycles. The molecule has 0 spiro atoms. The van der Waals surface area contributed by atoms with Crippen molar-refractivity contribution in [1.82, 2.24) is 4.98 Å². The number of hydrogen-bond acceptors (Lipinski definition) is 4. The molecule has 100 valence electrons. The van der Waals surface area contributed by atoms with E-state index in [9.17, 15) is 0 Å². The van der Waals surface area contributed by atoms with Crippen LogP contribution in [0.4, 0.5) is 5.82 Å². The van der Waals surface area contributed by atoms with Gasteiger partial charge in [0.2, 0.25) is 0 Å². The fourth-order valence-corrected chi connectivity index (χ4v) is 2.71. The highest BCUT2D eigenvalue weighted by Crippen LogP contribution is 2.25. The van der Waals surface area contributed by atoms with Gasteiger partial charge >= 0.3 is 0 Å². The average Bonchev–Trinajstić information content (AvgIpc) is 2.26. The first-order valence-electron chi connectivity index (χ1n) is 6.59. The molecule has 0 aromatic carbocycles. The van der Waals surface area contributed by atoms with Gasteiger partial charge in [0.15, 0.2) is 0 Å². The molecule has 0 amide bonds. The molecule has 1 fully saturated rings. The normalized spacial score (nSPS) is 24.4. The maximum absolute atomic E-state index is 5.88. The van der Waals surface area contributed by atoms with Crippen LogP contribution in [0.15, 0.2) is 6.07 Å². The van der Waals surface area contributed by atoms with Crippen LogP contribution < -0.4 is 10.6 Å². The van der Waals surface area contributed by atoms with Crippen molar-refractivity contribution in [2.45, 2.75) is 46.4 Å². The Hall–Kier alpha value is -1.13. The molecule has 1 aromatic heterocycles. The summed E-state index contributed by atoms with van der Waals surface area (Å²) in [5.41, 5.74) is 9.31. The standard InChI is InChI=1S/C14H23N3O/c1-9-5-10(2)16-14(13(9)6-15)17-7-11(3)18-12(4)8-17/h5,11-12H,6-8,15H2,1-4H3. The molecule has 1 saturated heterocycles. The van der Waals surface area contributed by atoms with Crippen molar-refractivity contribution in [1.29, 1.82) is 0 Å². The highest BCUT2D eigenvalue weighted by Gasteiger charge is 2.25. The fourth-order valence-electron chi connectivity index (χ4n) is 2.71. The fraction of sp³-hybridized carbons (Fsp3) is 0.643. The van der Waals surface area contributed by atoms with Gasteiger partial charge in [-0.25, -0.2) is 4.98 Å². The van der Waals surface area contributed by atoms with Crippen LogP contribution in [-0.4, -0.2) is 30.3 Å². The molecule has 2 atom stereocenters. The number of hydrogen-bond donors (Lipinski definition) is 1. The van der Waals surface area contributed by atoms with E-state index in [-0.39, 0.29) is 12.2 Å². The summed E-state index contributed by atoms with van der Waals surface area (Å²) in [5.74, 6) is 1.04. The molecular formula is C14H23N3O. The number of pyridine rings is 1. The van der Waals surface area contributed by atoms with Gasteiger partial charge in [0.05, 0.1) is 12.2 Å². The lowest BCUT2D eigenvalue weighted by Gasteiger charge is -2.37. The zero-order valence-corrected chi connectivity index (χ0v) is 11.7. The van der Waals surface area contributed by atoms with E-state index in [2.05, 4.69) is 36.7 Å². The number of ether oxygens (including phenoxy) is 1. The maximum atomic E-state index is 5.88. The first kappa shape index (κ1) is 13.3. The van der Waals surface area contributed by atoms with Gasteiger partial charge in [0.25, 0.3) is 0 Å². The summed E-state index contributed by atoms with van der Waals surface area (Å²) in [5, 5.41) is 0. The molecule has 4 nitrogen and oxygen atoms in total. The summed E-state index contributed by atoms with van der Waals surface area (Å²) >= 11 is 0. The van der Waals surface area contributed by atoms with Crippen LogP contribution in [0.25, 0.3) is 0 Å². The number of rotatable bonds is 2. The second-order valence-corrected chi connectivity index (χ2v) is 5.25. The third kappa shape index (κ3) is 2.65. The Morgan fingerprint density at radius 1 is 1.33 bits per heavy atom. The molecule has 0 aliphatic carbocycles. The molecule has 18 heavy (non-hydrogen) atoms. The highest BCUT2D eigenvalue weighted by atomic mass is 16.5. The van der Waals surface area contributed by atoms with E-state index in [1.807, 2.05) is 6.92 Å². The van der Waals surface area contributed by atoms with Gasteiger partial charge in [0.1, 0.15) is 5.82 Å². The topological polar surface area (TPSA) is 51.4 Å². The molecule has 2 unspecified atom stereocenters. The second kappa shape index (κ2) is 5.24. The predicted molar refractivity (Wildman–Crippen MR) is 73.8 cm³/mol.